The summed E-state index contributed by atoms with van der Waals surface area (Å²) in [6, 6.07) is -6.60. The van der Waals surface area contributed by atoms with Crippen molar-refractivity contribution in [3.8, 4) is 33.6 Å². The Hall–Kier alpha value is -5.78. The molecule has 4 rings (SSSR count). The highest BCUT2D eigenvalue weighted by Gasteiger charge is 2.85. The molecule has 0 radical (unpaired) electrons. The fourth-order valence-electron chi connectivity index (χ4n) is 5.91. The summed E-state index contributed by atoms with van der Waals surface area (Å²) >= 11 is 0. The molecule has 0 aliphatic carbocycles. The van der Waals surface area contributed by atoms with Gasteiger partial charge in [-0.1, -0.05) is 48.5 Å². The van der Waals surface area contributed by atoms with E-state index in [-0.39, 0.29) is 36.4 Å². The average molecular weight is 1180 g/mol. The average Bonchev–Trinajstić information content (AvgIpc) is 3.26. The van der Waals surface area contributed by atoms with Crippen molar-refractivity contribution < 1.29 is 158 Å². The maximum absolute atomic E-state index is 15.5. The lowest BCUT2D eigenvalue weighted by molar-refractivity contribution is -0.400. The molecule has 2 heterocycles. The molecule has 0 fully saturated rings. The molecule has 2 aromatic heterocycles. The van der Waals surface area contributed by atoms with Gasteiger partial charge in [-0.2, -0.15) is 158 Å². The van der Waals surface area contributed by atoms with E-state index >= 15 is 17.6 Å². The fraction of sp³-hybridized carbons (Fsp3) is 0.421. The molecule has 0 amide bonds. The minimum Gasteiger partial charge on any atom is -0.245 e. The molecular formula is C38H12F36N2. The second kappa shape index (κ2) is 17.9. The number of halogens is 36. The van der Waals surface area contributed by atoms with Crippen LogP contribution in [0.15, 0.2) is 72.8 Å². The highest BCUT2D eigenvalue weighted by molar-refractivity contribution is 5.74. The zero-order valence-electron chi connectivity index (χ0n) is 34.4. The van der Waals surface area contributed by atoms with E-state index < -0.39 is 188 Å². The molecule has 426 valence electrons. The Morgan fingerprint density at radius 3 is 0.605 bits per heavy atom. The van der Waals surface area contributed by atoms with Crippen LogP contribution >= 0.6 is 0 Å². The topological polar surface area (TPSA) is 25.8 Å². The van der Waals surface area contributed by atoms with Crippen LogP contribution in [0.3, 0.4) is 0 Å². The second-order valence-electron chi connectivity index (χ2n) is 15.3. The van der Waals surface area contributed by atoms with Crippen molar-refractivity contribution in [3.05, 3.63) is 95.3 Å². The lowest BCUT2D eigenvalue weighted by Gasteiger charge is -2.34. The summed E-state index contributed by atoms with van der Waals surface area (Å²) in [6.45, 7) is 0. The van der Waals surface area contributed by atoms with Gasteiger partial charge >= 0.3 is 95.8 Å². The summed E-state index contributed by atoms with van der Waals surface area (Å²) in [7, 11) is 0. The molecule has 0 unspecified atom stereocenters. The molecule has 2 nitrogen and oxygen atoms in total. The van der Waals surface area contributed by atoms with Gasteiger partial charge in [0.1, 0.15) is 11.4 Å². The number of alkyl halides is 36. The fourth-order valence-corrected chi connectivity index (χ4v) is 5.91. The van der Waals surface area contributed by atoms with Crippen molar-refractivity contribution in [2.24, 2.45) is 0 Å². The molecule has 0 N–H and O–H groups in total. The predicted molar refractivity (Wildman–Crippen MR) is 178 cm³/mol. The van der Waals surface area contributed by atoms with Crippen LogP contribution < -0.4 is 0 Å². The molecule has 0 bridgehead atoms. The first-order chi connectivity index (χ1) is 33.3. The van der Waals surface area contributed by atoms with Crippen molar-refractivity contribution in [1.29, 1.82) is 0 Å². The van der Waals surface area contributed by atoms with Gasteiger partial charge in [0.05, 0.1) is 11.4 Å². The van der Waals surface area contributed by atoms with Crippen LogP contribution in [0.4, 0.5) is 158 Å². The zero-order chi connectivity index (χ0) is 59.7. The van der Waals surface area contributed by atoms with Crippen LogP contribution in [0.2, 0.25) is 0 Å². The maximum atomic E-state index is 15.5. The van der Waals surface area contributed by atoms with Gasteiger partial charge in [-0.3, -0.25) is 0 Å². The number of rotatable bonds is 15. The van der Waals surface area contributed by atoms with E-state index in [9.17, 15) is 140 Å². The van der Waals surface area contributed by atoms with Crippen LogP contribution in [0, 0.1) is 0 Å². The summed E-state index contributed by atoms with van der Waals surface area (Å²) in [6.07, 6.45) is -30.5. The lowest BCUT2D eigenvalue weighted by atomic mass is 9.92. The molecule has 0 atom stereocenters. The quantitative estimate of drug-likeness (QED) is 0.111. The molecule has 0 aliphatic rings. The first kappa shape index (κ1) is 62.8. The Morgan fingerprint density at radius 1 is 0.211 bits per heavy atom. The van der Waals surface area contributed by atoms with E-state index in [1.165, 1.54) is 0 Å². The summed E-state index contributed by atoms with van der Waals surface area (Å²) in [5.74, 6) is -90.2. The van der Waals surface area contributed by atoms with E-state index in [2.05, 4.69) is 9.97 Å². The maximum Gasteiger partial charge on any atom is 0.460 e. The van der Waals surface area contributed by atoms with Crippen LogP contribution in [-0.4, -0.2) is 82.1 Å². The first-order valence-corrected chi connectivity index (χ1v) is 18.4. The molecular weight excluding hydrogens is 1170 g/mol. The minimum absolute atomic E-state index is 0.358. The smallest absolute Gasteiger partial charge is 0.245 e. The first-order valence-electron chi connectivity index (χ1n) is 18.4. The van der Waals surface area contributed by atoms with Crippen molar-refractivity contribution in [3.63, 3.8) is 0 Å². The van der Waals surface area contributed by atoms with Gasteiger partial charge in [0.25, 0.3) is 0 Å². The number of nitrogens with zero attached hydrogens (tertiary/aromatic N) is 2. The molecule has 76 heavy (non-hydrogen) atoms. The standard InChI is InChI=1S/C38H12F36N2/c39-23(40,27(47,48)31(55,56)35(63,64)65)17-5-1-13(2-6-17)15-9-19(75-21(11-15)25(43,44)29(51,52)33(59,60)37(69,70)71)20-10-16(12-22(76-20)26(45,46)30(53,54)34(61,62)38(72,73)74)14-3-7-18(8-4-14)24(41,42)28(49,50)32(57,58)36(66,67)68/h1-12H. The number of hydrogen-bond donors (Lipinski definition) is 0. The normalized spacial score (nSPS) is 15.4. The minimum atomic E-state index is -7.98. The third kappa shape index (κ3) is 9.28. The van der Waals surface area contributed by atoms with Gasteiger partial charge < -0.3 is 0 Å². The van der Waals surface area contributed by atoms with Gasteiger partial charge in [0.15, 0.2) is 0 Å². The van der Waals surface area contributed by atoms with E-state index in [1.807, 2.05) is 0 Å². The summed E-state index contributed by atoms with van der Waals surface area (Å²) in [5, 5.41) is 0. The number of hydrogen-bond acceptors (Lipinski definition) is 2. The van der Waals surface area contributed by atoms with Crippen LogP contribution in [0.25, 0.3) is 33.6 Å². The van der Waals surface area contributed by atoms with Gasteiger partial charge in [-0.05, 0) is 46.5 Å². The van der Waals surface area contributed by atoms with E-state index in [0.717, 1.165) is 0 Å². The molecule has 2 aromatic carbocycles. The largest absolute Gasteiger partial charge is 0.460 e. The third-order valence-electron chi connectivity index (χ3n) is 10.3. The van der Waals surface area contributed by atoms with E-state index in [1.54, 1.807) is 0 Å². The molecule has 0 aliphatic heterocycles. The molecule has 0 spiro atoms. The van der Waals surface area contributed by atoms with Gasteiger partial charge in [0, 0.05) is 11.1 Å². The molecule has 0 saturated heterocycles. The summed E-state index contributed by atoms with van der Waals surface area (Å²) < 4.78 is 500. The molecule has 38 heteroatoms. The van der Waals surface area contributed by atoms with E-state index in [4.69, 9.17) is 0 Å². The number of aromatic nitrogens is 2. The van der Waals surface area contributed by atoms with Crippen molar-refractivity contribution >= 4 is 0 Å². The Kier molecular flexibility index (Phi) is 14.8. The second-order valence-corrected chi connectivity index (χ2v) is 15.3. The van der Waals surface area contributed by atoms with Gasteiger partial charge in [-0.15, -0.1) is 0 Å². The van der Waals surface area contributed by atoms with Gasteiger partial charge in [0.2, 0.25) is 0 Å². The van der Waals surface area contributed by atoms with Gasteiger partial charge in [-0.25, -0.2) is 9.97 Å². The van der Waals surface area contributed by atoms with Crippen LogP contribution in [-0.2, 0) is 23.7 Å². The number of pyridine rings is 2. The Morgan fingerprint density at radius 2 is 0.408 bits per heavy atom. The summed E-state index contributed by atoms with van der Waals surface area (Å²) in [4.78, 5) is 4.84. The highest BCUT2D eigenvalue weighted by atomic mass is 19.5. The monoisotopic (exact) mass is 1180 g/mol. The van der Waals surface area contributed by atoms with Crippen molar-refractivity contribution in [2.75, 3.05) is 0 Å². The highest BCUT2D eigenvalue weighted by Crippen LogP contribution is 2.61. The van der Waals surface area contributed by atoms with Crippen LogP contribution in [0.1, 0.15) is 22.5 Å². The van der Waals surface area contributed by atoms with Crippen molar-refractivity contribution in [1.82, 2.24) is 9.97 Å². The Bertz CT molecular complexity index is 2570. The predicted octanol–water partition coefficient (Wildman–Crippen LogP) is 17.2. The van der Waals surface area contributed by atoms with E-state index in [0.29, 0.717) is 0 Å². The van der Waals surface area contributed by atoms with Crippen LogP contribution in [0.5, 0.6) is 0 Å². The molecule has 4 aromatic rings. The zero-order valence-corrected chi connectivity index (χ0v) is 34.4. The van der Waals surface area contributed by atoms with Crippen molar-refractivity contribution in [2.45, 2.75) is 95.8 Å². The number of benzene rings is 2. The lowest BCUT2D eigenvalue weighted by Crippen LogP contribution is -2.59. The third-order valence-corrected chi connectivity index (χ3v) is 10.3. The Labute approximate surface area is 393 Å². The SMILES string of the molecule is FC(F)(F)C(F)(F)C(F)(F)C(F)(F)c1ccc(-c2cc(-c3cc(-c4ccc(C(F)(F)C(F)(F)C(F)(F)C(F)(F)F)cc4)cc(C(F)(F)C(F)(F)C(F)(F)C(F)(F)F)n3)nc(C(F)(F)C(F)(F)C(F)(F)C(F)(F)F)c2)cc1. The molecule has 0 saturated carbocycles. The summed E-state index contributed by atoms with van der Waals surface area (Å²) in [5.41, 5.74) is -23.4. The Balaban J connectivity index is 2.18.